The smallest absolute Gasteiger partial charge is 0.141 e. The summed E-state index contributed by atoms with van der Waals surface area (Å²) in [6, 6.07) is 13.5. The van der Waals surface area contributed by atoms with Gasteiger partial charge in [-0.05, 0) is 43.7 Å². The van der Waals surface area contributed by atoms with Crippen molar-refractivity contribution in [3.63, 3.8) is 0 Å². The summed E-state index contributed by atoms with van der Waals surface area (Å²) in [4.78, 5) is 0. The van der Waals surface area contributed by atoms with Crippen LogP contribution in [0.5, 0.6) is 0 Å². The predicted molar refractivity (Wildman–Crippen MR) is 78.1 cm³/mol. The lowest BCUT2D eigenvalue weighted by atomic mass is 9.98. The van der Waals surface area contributed by atoms with E-state index >= 15 is 0 Å². The molecule has 2 aromatic rings. The average Bonchev–Trinajstić information content (AvgIpc) is 2.40. The first kappa shape index (κ1) is 14.0. The molecule has 1 nitrogen and oxygen atoms in total. The van der Waals surface area contributed by atoms with Crippen LogP contribution in [0.4, 0.5) is 4.39 Å². The van der Waals surface area contributed by atoms with E-state index in [9.17, 15) is 4.39 Å². The van der Waals surface area contributed by atoms with Crippen molar-refractivity contribution < 1.29 is 4.39 Å². The molecule has 0 aliphatic rings. The lowest BCUT2D eigenvalue weighted by Crippen LogP contribution is -2.18. The van der Waals surface area contributed by atoms with E-state index in [1.165, 1.54) is 17.2 Å². The number of halogens is 2. The third-order valence-corrected chi connectivity index (χ3v) is 3.51. The first-order valence-corrected chi connectivity index (χ1v) is 6.65. The molecule has 3 heteroatoms. The Hall–Kier alpha value is -1.38. The summed E-state index contributed by atoms with van der Waals surface area (Å²) >= 11 is 5.82. The van der Waals surface area contributed by atoms with Gasteiger partial charge in [0.1, 0.15) is 5.82 Å². The van der Waals surface area contributed by atoms with Crippen molar-refractivity contribution >= 4 is 11.6 Å². The molecular weight excluding hydrogens is 261 g/mol. The molecule has 2 rings (SSSR count). The highest BCUT2D eigenvalue weighted by atomic mass is 35.5. The number of nitrogens with one attached hydrogen (secondary N) is 1. The maximum atomic E-state index is 13.1. The minimum atomic E-state index is -0.373. The SMILES string of the molecule is CNC(Cc1ccc(F)c(Cl)c1)c1cccc(C)c1. The van der Waals surface area contributed by atoms with Gasteiger partial charge in [0.25, 0.3) is 0 Å². The number of rotatable bonds is 4. The summed E-state index contributed by atoms with van der Waals surface area (Å²) in [6.07, 6.45) is 0.778. The second-order valence-electron chi connectivity index (χ2n) is 4.71. The Morgan fingerprint density at radius 2 is 2.00 bits per heavy atom. The van der Waals surface area contributed by atoms with E-state index in [4.69, 9.17) is 11.6 Å². The van der Waals surface area contributed by atoms with Crippen LogP contribution in [0.1, 0.15) is 22.7 Å². The fraction of sp³-hybridized carbons (Fsp3) is 0.250. The van der Waals surface area contributed by atoms with Crippen molar-refractivity contribution in [1.82, 2.24) is 5.32 Å². The predicted octanol–water partition coefficient (Wildman–Crippen LogP) is 4.29. The molecule has 0 fully saturated rings. The van der Waals surface area contributed by atoms with Gasteiger partial charge in [0.15, 0.2) is 0 Å². The van der Waals surface area contributed by atoms with Gasteiger partial charge in [-0.2, -0.15) is 0 Å². The zero-order valence-electron chi connectivity index (χ0n) is 11.1. The molecule has 0 aromatic heterocycles. The summed E-state index contributed by atoms with van der Waals surface area (Å²) in [5, 5.41) is 3.47. The molecule has 100 valence electrons. The Labute approximate surface area is 118 Å². The highest BCUT2D eigenvalue weighted by Gasteiger charge is 2.11. The fourth-order valence-corrected chi connectivity index (χ4v) is 2.38. The Balaban J connectivity index is 2.21. The van der Waals surface area contributed by atoms with Crippen LogP contribution in [0.3, 0.4) is 0 Å². The third-order valence-electron chi connectivity index (χ3n) is 3.22. The van der Waals surface area contributed by atoms with Gasteiger partial charge in [-0.25, -0.2) is 4.39 Å². The monoisotopic (exact) mass is 277 g/mol. The molecule has 19 heavy (non-hydrogen) atoms. The number of benzene rings is 2. The average molecular weight is 278 g/mol. The Morgan fingerprint density at radius 1 is 1.21 bits per heavy atom. The third kappa shape index (κ3) is 3.55. The number of hydrogen-bond acceptors (Lipinski definition) is 1. The Morgan fingerprint density at radius 3 is 2.63 bits per heavy atom. The molecule has 0 radical (unpaired) electrons. The van der Waals surface area contributed by atoms with Crippen LogP contribution in [0.2, 0.25) is 5.02 Å². The summed E-state index contributed by atoms with van der Waals surface area (Å²) in [6.45, 7) is 2.07. The lowest BCUT2D eigenvalue weighted by Gasteiger charge is -2.17. The number of hydrogen-bond donors (Lipinski definition) is 1. The molecule has 0 bridgehead atoms. The first-order valence-electron chi connectivity index (χ1n) is 6.28. The van der Waals surface area contributed by atoms with Gasteiger partial charge in [0.05, 0.1) is 5.02 Å². The maximum absolute atomic E-state index is 13.1. The van der Waals surface area contributed by atoms with Crippen molar-refractivity contribution in [1.29, 1.82) is 0 Å². The van der Waals surface area contributed by atoms with Crippen LogP contribution < -0.4 is 5.32 Å². The van der Waals surface area contributed by atoms with E-state index in [2.05, 4.69) is 30.4 Å². The van der Waals surface area contributed by atoms with Crippen molar-refractivity contribution in [2.45, 2.75) is 19.4 Å². The van der Waals surface area contributed by atoms with Gasteiger partial charge in [0, 0.05) is 6.04 Å². The van der Waals surface area contributed by atoms with Crippen LogP contribution in [0, 0.1) is 12.7 Å². The highest BCUT2D eigenvalue weighted by molar-refractivity contribution is 6.30. The van der Waals surface area contributed by atoms with Crippen LogP contribution in [-0.2, 0) is 6.42 Å². The van der Waals surface area contributed by atoms with Gasteiger partial charge >= 0.3 is 0 Å². The van der Waals surface area contributed by atoms with Gasteiger partial charge in [-0.3, -0.25) is 0 Å². The topological polar surface area (TPSA) is 12.0 Å². The summed E-state index contributed by atoms with van der Waals surface area (Å²) in [7, 11) is 1.93. The van der Waals surface area contributed by atoms with Crippen LogP contribution >= 0.6 is 11.6 Å². The summed E-state index contributed by atoms with van der Waals surface area (Å²) < 4.78 is 13.1. The molecule has 0 spiro atoms. The molecular formula is C16H17ClFN. The van der Waals surface area contributed by atoms with E-state index in [1.807, 2.05) is 13.1 Å². The van der Waals surface area contributed by atoms with Crippen molar-refractivity contribution in [3.8, 4) is 0 Å². The van der Waals surface area contributed by atoms with Gasteiger partial charge in [0.2, 0.25) is 0 Å². The Bertz CT molecular complexity index is 568. The second-order valence-corrected chi connectivity index (χ2v) is 5.12. The molecule has 1 atom stereocenters. The summed E-state index contributed by atoms with van der Waals surface area (Å²) in [5.41, 5.74) is 3.48. The quantitative estimate of drug-likeness (QED) is 0.879. The molecule has 0 aliphatic carbocycles. The van der Waals surface area contributed by atoms with Gasteiger partial charge in [-0.1, -0.05) is 47.5 Å². The highest BCUT2D eigenvalue weighted by Crippen LogP contribution is 2.22. The maximum Gasteiger partial charge on any atom is 0.141 e. The molecule has 0 heterocycles. The van der Waals surface area contributed by atoms with E-state index in [1.54, 1.807) is 12.1 Å². The number of likely N-dealkylation sites (N-methyl/N-ethyl adjacent to an activating group) is 1. The van der Waals surface area contributed by atoms with Gasteiger partial charge < -0.3 is 5.32 Å². The van der Waals surface area contributed by atoms with Gasteiger partial charge in [-0.15, -0.1) is 0 Å². The molecule has 0 saturated carbocycles. The molecule has 1 N–H and O–H groups in total. The van der Waals surface area contributed by atoms with Crippen molar-refractivity contribution in [3.05, 3.63) is 70.0 Å². The van der Waals surface area contributed by atoms with Crippen LogP contribution in [0.25, 0.3) is 0 Å². The summed E-state index contributed by atoms with van der Waals surface area (Å²) in [5.74, 6) is -0.373. The normalized spacial score (nSPS) is 12.4. The zero-order valence-corrected chi connectivity index (χ0v) is 11.8. The van der Waals surface area contributed by atoms with E-state index in [-0.39, 0.29) is 16.9 Å². The first-order chi connectivity index (χ1) is 9.10. The zero-order chi connectivity index (χ0) is 13.8. The molecule has 0 amide bonds. The molecule has 0 saturated heterocycles. The van der Waals surface area contributed by atoms with Crippen molar-refractivity contribution in [2.24, 2.45) is 0 Å². The minimum Gasteiger partial charge on any atom is -0.313 e. The standard InChI is InChI=1S/C16H17ClFN/c1-11-4-3-5-13(8-11)16(19-2)10-12-6-7-15(18)14(17)9-12/h3-9,16,19H,10H2,1-2H3. The molecule has 0 aliphatic heterocycles. The molecule has 1 unspecified atom stereocenters. The molecule has 2 aromatic carbocycles. The number of aryl methyl sites for hydroxylation is 1. The largest absolute Gasteiger partial charge is 0.313 e. The lowest BCUT2D eigenvalue weighted by molar-refractivity contribution is 0.588. The van der Waals surface area contributed by atoms with Crippen molar-refractivity contribution in [2.75, 3.05) is 7.05 Å². The minimum absolute atomic E-state index is 0.177. The Kier molecular flexibility index (Phi) is 4.56. The van der Waals surface area contributed by atoms with E-state index in [0.29, 0.717) is 0 Å². The second kappa shape index (κ2) is 6.18. The fourth-order valence-electron chi connectivity index (χ4n) is 2.18. The van der Waals surface area contributed by atoms with Crippen LogP contribution in [0.15, 0.2) is 42.5 Å². The van der Waals surface area contributed by atoms with E-state index in [0.717, 1.165) is 12.0 Å². The van der Waals surface area contributed by atoms with E-state index < -0.39 is 0 Å². The van der Waals surface area contributed by atoms with Crippen LogP contribution in [-0.4, -0.2) is 7.05 Å².